The number of aromatic nitrogens is 2. The quantitative estimate of drug-likeness (QED) is 0.783. The summed E-state index contributed by atoms with van der Waals surface area (Å²) in [5, 5.41) is 3.50. The van der Waals surface area contributed by atoms with E-state index in [0.717, 1.165) is 16.8 Å². The Balaban J connectivity index is 1.90. The van der Waals surface area contributed by atoms with Crippen molar-refractivity contribution in [1.29, 1.82) is 0 Å². The predicted octanol–water partition coefficient (Wildman–Crippen LogP) is 3.55. The van der Waals surface area contributed by atoms with Crippen LogP contribution in [-0.4, -0.2) is 15.3 Å². The van der Waals surface area contributed by atoms with E-state index >= 15 is 0 Å². The lowest BCUT2D eigenvalue weighted by molar-refractivity contribution is 0.102. The molecular weight excluding hydrogens is 274 g/mol. The van der Waals surface area contributed by atoms with Gasteiger partial charge in [0.15, 0.2) is 0 Å². The Morgan fingerprint density at radius 3 is 3.05 bits per heavy atom. The first kappa shape index (κ1) is 12.7. The number of anilines is 1. The first-order chi connectivity index (χ1) is 9.65. The van der Waals surface area contributed by atoms with Crippen molar-refractivity contribution < 1.29 is 4.79 Å². The summed E-state index contributed by atoms with van der Waals surface area (Å²) in [4.78, 5) is 16.3. The first-order valence-corrected chi connectivity index (χ1v) is 6.51. The summed E-state index contributed by atoms with van der Waals surface area (Å²) >= 11 is 6.04. The van der Waals surface area contributed by atoms with E-state index in [0.29, 0.717) is 10.6 Å². The Morgan fingerprint density at radius 1 is 1.35 bits per heavy atom. The number of amides is 1. The molecule has 2 aromatic heterocycles. The summed E-state index contributed by atoms with van der Waals surface area (Å²) in [6.45, 7) is 1.87. The lowest BCUT2D eigenvalue weighted by Crippen LogP contribution is -2.13. The van der Waals surface area contributed by atoms with E-state index in [-0.39, 0.29) is 5.91 Å². The van der Waals surface area contributed by atoms with Gasteiger partial charge in [0.2, 0.25) is 0 Å². The third kappa shape index (κ3) is 2.26. The van der Waals surface area contributed by atoms with Crippen LogP contribution in [0, 0.1) is 6.92 Å². The minimum atomic E-state index is -0.168. The monoisotopic (exact) mass is 285 g/mol. The van der Waals surface area contributed by atoms with E-state index in [1.807, 2.05) is 29.7 Å². The van der Waals surface area contributed by atoms with Crippen molar-refractivity contribution in [2.75, 3.05) is 5.32 Å². The van der Waals surface area contributed by atoms with Crippen molar-refractivity contribution in [3.05, 3.63) is 65.2 Å². The average Bonchev–Trinajstić information content (AvgIpc) is 2.91. The van der Waals surface area contributed by atoms with Crippen LogP contribution in [-0.2, 0) is 0 Å². The number of rotatable bonds is 2. The van der Waals surface area contributed by atoms with E-state index in [1.54, 1.807) is 30.7 Å². The zero-order valence-electron chi connectivity index (χ0n) is 10.8. The largest absolute Gasteiger partial charge is 0.322 e. The van der Waals surface area contributed by atoms with E-state index in [9.17, 15) is 4.79 Å². The molecule has 1 aromatic carbocycles. The van der Waals surface area contributed by atoms with Gasteiger partial charge in [-0.15, -0.1) is 0 Å². The van der Waals surface area contributed by atoms with Gasteiger partial charge in [0.25, 0.3) is 5.91 Å². The molecule has 0 saturated carbocycles. The van der Waals surface area contributed by atoms with Crippen molar-refractivity contribution in [2.24, 2.45) is 0 Å². The van der Waals surface area contributed by atoms with Gasteiger partial charge >= 0.3 is 0 Å². The maximum Gasteiger partial charge on any atom is 0.255 e. The molecule has 4 nitrogen and oxygen atoms in total. The Kier molecular flexibility index (Phi) is 3.16. The average molecular weight is 286 g/mol. The van der Waals surface area contributed by atoms with E-state index in [4.69, 9.17) is 11.6 Å². The standard InChI is InChI=1S/C15H12ClN3O/c1-10-13(16)3-2-4-14(10)18-15(20)11-5-6-19-9-17-8-12(19)7-11/h2-9H,1H3,(H,18,20). The van der Waals surface area contributed by atoms with Gasteiger partial charge in [-0.05, 0) is 36.8 Å². The smallest absolute Gasteiger partial charge is 0.255 e. The zero-order valence-corrected chi connectivity index (χ0v) is 11.6. The van der Waals surface area contributed by atoms with E-state index in [1.165, 1.54) is 0 Å². The van der Waals surface area contributed by atoms with Crippen LogP contribution >= 0.6 is 11.6 Å². The molecule has 0 radical (unpaired) electrons. The van der Waals surface area contributed by atoms with Gasteiger partial charge in [0, 0.05) is 22.5 Å². The fourth-order valence-electron chi connectivity index (χ4n) is 2.00. The Labute approximate surface area is 121 Å². The third-order valence-corrected chi connectivity index (χ3v) is 3.60. The number of halogens is 1. The number of pyridine rings is 1. The molecular formula is C15H12ClN3O. The molecule has 0 saturated heterocycles. The maximum absolute atomic E-state index is 12.3. The molecule has 1 amide bonds. The molecule has 20 heavy (non-hydrogen) atoms. The third-order valence-electron chi connectivity index (χ3n) is 3.19. The van der Waals surface area contributed by atoms with Gasteiger partial charge < -0.3 is 9.72 Å². The molecule has 0 aliphatic carbocycles. The predicted molar refractivity (Wildman–Crippen MR) is 79.3 cm³/mol. The molecule has 3 rings (SSSR count). The highest BCUT2D eigenvalue weighted by Gasteiger charge is 2.09. The normalized spacial score (nSPS) is 10.7. The number of imidazole rings is 1. The number of fused-ring (bicyclic) bond motifs is 1. The fraction of sp³-hybridized carbons (Fsp3) is 0.0667. The van der Waals surface area contributed by atoms with Crippen LogP contribution < -0.4 is 5.32 Å². The number of carbonyl (C=O) groups is 1. The van der Waals surface area contributed by atoms with Crippen LogP contribution in [0.2, 0.25) is 5.02 Å². The maximum atomic E-state index is 12.3. The summed E-state index contributed by atoms with van der Waals surface area (Å²) < 4.78 is 1.85. The number of carbonyl (C=O) groups excluding carboxylic acids is 1. The van der Waals surface area contributed by atoms with Crippen molar-refractivity contribution >= 4 is 28.7 Å². The van der Waals surface area contributed by atoms with Crippen LogP contribution in [0.25, 0.3) is 5.52 Å². The number of nitrogens with one attached hydrogen (secondary N) is 1. The Hall–Kier alpha value is -2.33. The highest BCUT2D eigenvalue weighted by molar-refractivity contribution is 6.31. The SMILES string of the molecule is Cc1c(Cl)cccc1NC(=O)c1ccn2cncc2c1. The molecule has 100 valence electrons. The fourth-order valence-corrected chi connectivity index (χ4v) is 2.17. The molecule has 0 spiro atoms. The molecule has 1 N–H and O–H groups in total. The van der Waals surface area contributed by atoms with Crippen molar-refractivity contribution in [3.8, 4) is 0 Å². The van der Waals surface area contributed by atoms with Crippen LogP contribution in [0.1, 0.15) is 15.9 Å². The number of benzene rings is 1. The van der Waals surface area contributed by atoms with Gasteiger partial charge in [-0.1, -0.05) is 17.7 Å². The second-order valence-corrected chi connectivity index (χ2v) is 4.91. The Morgan fingerprint density at radius 2 is 2.20 bits per heavy atom. The Bertz CT molecular complexity index is 795. The second-order valence-electron chi connectivity index (χ2n) is 4.51. The summed E-state index contributed by atoms with van der Waals surface area (Å²) in [5.74, 6) is -0.168. The van der Waals surface area contributed by atoms with Crippen molar-refractivity contribution in [1.82, 2.24) is 9.38 Å². The first-order valence-electron chi connectivity index (χ1n) is 6.13. The van der Waals surface area contributed by atoms with Crippen LogP contribution in [0.15, 0.2) is 49.1 Å². The molecule has 2 heterocycles. The van der Waals surface area contributed by atoms with Gasteiger partial charge in [-0.25, -0.2) is 4.98 Å². The molecule has 3 aromatic rings. The second kappa shape index (κ2) is 4.98. The molecule has 0 atom stereocenters. The van der Waals surface area contributed by atoms with E-state index < -0.39 is 0 Å². The van der Waals surface area contributed by atoms with Gasteiger partial charge in [-0.2, -0.15) is 0 Å². The van der Waals surface area contributed by atoms with Crippen LogP contribution in [0.5, 0.6) is 0 Å². The van der Waals surface area contributed by atoms with Gasteiger partial charge in [-0.3, -0.25) is 4.79 Å². The summed E-state index contributed by atoms with van der Waals surface area (Å²) in [6.07, 6.45) is 5.21. The lowest BCUT2D eigenvalue weighted by atomic mass is 10.1. The van der Waals surface area contributed by atoms with E-state index in [2.05, 4.69) is 10.3 Å². The highest BCUT2D eigenvalue weighted by Crippen LogP contribution is 2.23. The van der Waals surface area contributed by atoms with Crippen LogP contribution in [0.3, 0.4) is 0 Å². The minimum Gasteiger partial charge on any atom is -0.322 e. The van der Waals surface area contributed by atoms with Gasteiger partial charge in [0.1, 0.15) is 0 Å². The lowest BCUT2D eigenvalue weighted by Gasteiger charge is -2.09. The van der Waals surface area contributed by atoms with Gasteiger partial charge in [0.05, 0.1) is 18.0 Å². The number of nitrogens with zero attached hydrogens (tertiary/aromatic N) is 2. The summed E-state index contributed by atoms with van der Waals surface area (Å²) in [5.41, 5.74) is 3.03. The molecule has 0 fully saturated rings. The molecule has 0 aliphatic rings. The summed E-state index contributed by atoms with van der Waals surface area (Å²) in [7, 11) is 0. The number of hydrogen-bond donors (Lipinski definition) is 1. The molecule has 5 heteroatoms. The topological polar surface area (TPSA) is 46.4 Å². The van der Waals surface area contributed by atoms with Crippen LogP contribution in [0.4, 0.5) is 5.69 Å². The molecule has 0 unspecified atom stereocenters. The molecule has 0 bridgehead atoms. The zero-order chi connectivity index (χ0) is 14.1. The molecule has 0 aliphatic heterocycles. The van der Waals surface area contributed by atoms with Crippen molar-refractivity contribution in [2.45, 2.75) is 6.92 Å². The van der Waals surface area contributed by atoms with Crippen molar-refractivity contribution in [3.63, 3.8) is 0 Å². The number of hydrogen-bond acceptors (Lipinski definition) is 2. The highest BCUT2D eigenvalue weighted by atomic mass is 35.5. The summed E-state index contributed by atoms with van der Waals surface area (Å²) in [6, 6.07) is 8.98. The minimum absolute atomic E-state index is 0.168.